The number of aromatic nitrogens is 2. The number of hydrogen-bond donors (Lipinski definition) is 4. The number of carbonyl (C=O) groups is 2. The van der Waals surface area contributed by atoms with Crippen molar-refractivity contribution in [3.05, 3.63) is 28.7 Å². The first-order valence-electron chi connectivity index (χ1n) is 8.20. The van der Waals surface area contributed by atoms with Crippen molar-refractivity contribution in [2.45, 2.75) is 44.9 Å². The van der Waals surface area contributed by atoms with E-state index in [1.807, 2.05) is 0 Å². The number of carboxylic acid groups (broad SMARTS) is 1. The molecule has 7 nitrogen and oxygen atoms in total. The van der Waals surface area contributed by atoms with Gasteiger partial charge in [-0.2, -0.15) is 0 Å². The summed E-state index contributed by atoms with van der Waals surface area (Å²) in [7, 11) is 0. The second kappa shape index (κ2) is 6.51. The zero-order valence-electron chi connectivity index (χ0n) is 13.4. The van der Waals surface area contributed by atoms with Gasteiger partial charge in [0.25, 0.3) is 0 Å². The maximum atomic E-state index is 12.4. The van der Waals surface area contributed by atoms with E-state index >= 15 is 0 Å². The number of nitrogens with one attached hydrogen (secondary N) is 3. The lowest BCUT2D eigenvalue weighted by Crippen LogP contribution is -2.32. The Labute approximate surface area is 138 Å². The standard InChI is InChI=1S/C17H21N3O4/c21-14(9-17(10-15(22)23)6-2-1-3-7-17)18-11-4-5-12-13(8-11)20-16(24)19-12/h4-5,8H,1-3,6-7,9-10H2,(H,18,21)(H,22,23)(H2,19,20,24). The Kier molecular flexibility index (Phi) is 4.42. The number of rotatable bonds is 5. The van der Waals surface area contributed by atoms with Crippen molar-refractivity contribution in [2.75, 3.05) is 5.32 Å². The molecule has 0 unspecified atom stereocenters. The van der Waals surface area contributed by atoms with Gasteiger partial charge in [-0.3, -0.25) is 9.59 Å². The van der Waals surface area contributed by atoms with Crippen LogP contribution in [-0.4, -0.2) is 27.0 Å². The molecule has 1 amide bonds. The predicted octanol–water partition coefficient (Wildman–Crippen LogP) is 2.61. The molecule has 24 heavy (non-hydrogen) atoms. The van der Waals surface area contributed by atoms with Crippen LogP contribution in [0.3, 0.4) is 0 Å². The number of aliphatic carboxylic acids is 1. The van der Waals surface area contributed by atoms with Gasteiger partial charge in [-0.1, -0.05) is 19.3 Å². The van der Waals surface area contributed by atoms with Crippen molar-refractivity contribution in [1.29, 1.82) is 0 Å². The molecule has 1 fully saturated rings. The van der Waals surface area contributed by atoms with Crippen molar-refractivity contribution in [1.82, 2.24) is 9.97 Å². The molecule has 0 spiro atoms. The molecule has 0 atom stereocenters. The van der Waals surface area contributed by atoms with Crippen LogP contribution in [0.15, 0.2) is 23.0 Å². The van der Waals surface area contributed by atoms with Gasteiger partial charge in [0.15, 0.2) is 0 Å². The Morgan fingerprint density at radius 3 is 2.50 bits per heavy atom. The molecule has 0 aliphatic heterocycles. The van der Waals surface area contributed by atoms with Crippen molar-refractivity contribution in [3.63, 3.8) is 0 Å². The number of carbonyl (C=O) groups excluding carboxylic acids is 1. The van der Waals surface area contributed by atoms with Crippen LogP contribution in [0.4, 0.5) is 5.69 Å². The van der Waals surface area contributed by atoms with Crippen molar-refractivity contribution in [2.24, 2.45) is 5.41 Å². The number of carboxylic acids is 1. The average Bonchev–Trinajstić information content (AvgIpc) is 2.86. The Bertz CT molecular complexity index is 815. The second-order valence-electron chi connectivity index (χ2n) is 6.70. The van der Waals surface area contributed by atoms with Gasteiger partial charge in [0.05, 0.1) is 17.5 Å². The quantitative estimate of drug-likeness (QED) is 0.674. The van der Waals surface area contributed by atoms with Crippen LogP contribution >= 0.6 is 0 Å². The van der Waals surface area contributed by atoms with Crippen LogP contribution < -0.4 is 11.0 Å². The van der Waals surface area contributed by atoms with Crippen LogP contribution in [0, 0.1) is 5.41 Å². The Balaban J connectivity index is 1.72. The number of amides is 1. The number of benzene rings is 1. The van der Waals surface area contributed by atoms with E-state index in [4.69, 9.17) is 0 Å². The highest BCUT2D eigenvalue weighted by Crippen LogP contribution is 2.42. The largest absolute Gasteiger partial charge is 0.481 e. The fourth-order valence-electron chi connectivity index (χ4n) is 3.69. The molecule has 1 aromatic carbocycles. The van der Waals surface area contributed by atoms with Gasteiger partial charge in [-0.15, -0.1) is 0 Å². The summed E-state index contributed by atoms with van der Waals surface area (Å²) in [5.41, 5.74) is 1.14. The van der Waals surface area contributed by atoms with Gasteiger partial charge in [0.2, 0.25) is 5.91 Å². The molecule has 0 radical (unpaired) electrons. The zero-order chi connectivity index (χ0) is 17.2. The molecule has 1 saturated carbocycles. The second-order valence-corrected chi connectivity index (χ2v) is 6.70. The fourth-order valence-corrected chi connectivity index (χ4v) is 3.69. The highest BCUT2D eigenvalue weighted by molar-refractivity contribution is 5.93. The number of aromatic amines is 2. The van der Waals surface area contributed by atoms with E-state index in [0.717, 1.165) is 32.1 Å². The molecule has 128 valence electrons. The molecule has 1 aliphatic rings. The molecule has 7 heteroatoms. The smallest absolute Gasteiger partial charge is 0.323 e. The van der Waals surface area contributed by atoms with Gasteiger partial charge in [0, 0.05) is 12.1 Å². The van der Waals surface area contributed by atoms with E-state index in [0.29, 0.717) is 16.7 Å². The van der Waals surface area contributed by atoms with E-state index in [1.165, 1.54) is 0 Å². The molecule has 1 aromatic heterocycles. The first-order valence-corrected chi connectivity index (χ1v) is 8.20. The van der Waals surface area contributed by atoms with E-state index in [2.05, 4.69) is 15.3 Å². The van der Waals surface area contributed by atoms with Gasteiger partial charge in [-0.25, -0.2) is 4.79 Å². The van der Waals surface area contributed by atoms with E-state index in [-0.39, 0.29) is 24.4 Å². The van der Waals surface area contributed by atoms with E-state index in [9.17, 15) is 19.5 Å². The third kappa shape index (κ3) is 3.67. The number of H-pyrrole nitrogens is 2. The summed E-state index contributed by atoms with van der Waals surface area (Å²) in [6.45, 7) is 0. The van der Waals surface area contributed by atoms with E-state index < -0.39 is 11.4 Å². The molecule has 1 heterocycles. The lowest BCUT2D eigenvalue weighted by atomic mass is 9.69. The summed E-state index contributed by atoms with van der Waals surface area (Å²) < 4.78 is 0. The minimum atomic E-state index is -0.851. The maximum absolute atomic E-state index is 12.4. The molecule has 4 N–H and O–H groups in total. The number of anilines is 1. The lowest BCUT2D eigenvalue weighted by Gasteiger charge is -2.35. The Morgan fingerprint density at radius 2 is 1.79 bits per heavy atom. The highest BCUT2D eigenvalue weighted by Gasteiger charge is 2.36. The fraction of sp³-hybridized carbons (Fsp3) is 0.471. The third-order valence-electron chi connectivity index (χ3n) is 4.78. The monoisotopic (exact) mass is 331 g/mol. The van der Waals surface area contributed by atoms with E-state index in [1.54, 1.807) is 18.2 Å². The molecular weight excluding hydrogens is 310 g/mol. The topological polar surface area (TPSA) is 115 Å². The van der Waals surface area contributed by atoms with Crippen LogP contribution in [0.1, 0.15) is 44.9 Å². The number of fused-ring (bicyclic) bond motifs is 1. The van der Waals surface area contributed by atoms with Gasteiger partial charge >= 0.3 is 11.7 Å². The minimum absolute atomic E-state index is 0.0323. The molecule has 2 aromatic rings. The van der Waals surface area contributed by atoms with Crippen LogP contribution in [0.2, 0.25) is 0 Å². The SMILES string of the molecule is O=C(O)CC1(CC(=O)Nc2ccc3[nH]c(=O)[nH]c3c2)CCCCC1. The molecule has 1 aliphatic carbocycles. The van der Waals surface area contributed by atoms with Gasteiger partial charge < -0.3 is 20.4 Å². The number of imidazole rings is 1. The zero-order valence-corrected chi connectivity index (χ0v) is 13.4. The summed E-state index contributed by atoms with van der Waals surface area (Å²) in [5.74, 6) is -1.04. The molecule has 3 rings (SSSR count). The summed E-state index contributed by atoms with van der Waals surface area (Å²) in [6.07, 6.45) is 4.83. The van der Waals surface area contributed by atoms with Crippen LogP contribution in [0.25, 0.3) is 11.0 Å². The summed E-state index contributed by atoms with van der Waals surface area (Å²) in [4.78, 5) is 40.2. The first-order chi connectivity index (χ1) is 11.5. The average molecular weight is 331 g/mol. The Hall–Kier alpha value is -2.57. The highest BCUT2D eigenvalue weighted by atomic mass is 16.4. The summed E-state index contributed by atoms with van der Waals surface area (Å²) in [6, 6.07) is 5.13. The number of hydrogen-bond acceptors (Lipinski definition) is 3. The summed E-state index contributed by atoms with van der Waals surface area (Å²) in [5, 5.41) is 12.0. The molecule has 0 saturated heterocycles. The first kappa shape index (κ1) is 16.3. The summed E-state index contributed by atoms with van der Waals surface area (Å²) >= 11 is 0. The predicted molar refractivity (Wildman–Crippen MR) is 89.9 cm³/mol. The van der Waals surface area contributed by atoms with Crippen molar-refractivity contribution < 1.29 is 14.7 Å². The Morgan fingerprint density at radius 1 is 1.08 bits per heavy atom. The molecular formula is C17H21N3O4. The van der Waals surface area contributed by atoms with Gasteiger partial charge in [-0.05, 0) is 36.5 Å². The van der Waals surface area contributed by atoms with Crippen LogP contribution in [-0.2, 0) is 9.59 Å². The lowest BCUT2D eigenvalue weighted by molar-refractivity contribution is -0.140. The van der Waals surface area contributed by atoms with Crippen molar-refractivity contribution >= 4 is 28.6 Å². The van der Waals surface area contributed by atoms with Crippen molar-refractivity contribution in [3.8, 4) is 0 Å². The van der Waals surface area contributed by atoms with Gasteiger partial charge in [0.1, 0.15) is 0 Å². The molecule has 0 bridgehead atoms. The minimum Gasteiger partial charge on any atom is -0.481 e. The third-order valence-corrected chi connectivity index (χ3v) is 4.78. The van der Waals surface area contributed by atoms with Crippen LogP contribution in [0.5, 0.6) is 0 Å². The maximum Gasteiger partial charge on any atom is 0.323 e. The normalized spacial score (nSPS) is 16.8.